The molecular weight excluding hydrogens is 621 g/mol. The number of aliphatic hydroxyl groups excluding tert-OH is 1. The Morgan fingerprint density at radius 2 is 1.54 bits per heavy atom. The molecule has 0 radical (unpaired) electrons. The Morgan fingerprint density at radius 3 is 2.11 bits per heavy atom. The maximum atomic E-state index is 12.3. The Morgan fingerprint density at radius 1 is 0.870 bits per heavy atom. The number of aromatic nitrogens is 2. The van der Waals surface area contributed by atoms with E-state index in [1.54, 1.807) is 26.4 Å². The molecular formula is C35H46N2O7SSi. The van der Waals surface area contributed by atoms with Crippen molar-refractivity contribution >= 4 is 20.1 Å². The van der Waals surface area contributed by atoms with E-state index in [1.165, 1.54) is 26.0 Å². The summed E-state index contributed by atoms with van der Waals surface area (Å²) in [5, 5.41) is 12.9. The number of aliphatic hydroxyl groups is 1. The van der Waals surface area contributed by atoms with Crippen LogP contribution < -0.4 is 18.9 Å². The second-order valence-electron chi connectivity index (χ2n) is 12.3. The number of hydrogen-bond acceptors (Lipinski definition) is 9. The first-order valence-electron chi connectivity index (χ1n) is 15.0. The lowest BCUT2D eigenvalue weighted by atomic mass is 9.98. The Hall–Kier alpha value is -3.48. The van der Waals surface area contributed by atoms with E-state index in [0.29, 0.717) is 33.7 Å². The summed E-state index contributed by atoms with van der Waals surface area (Å²) in [5.74, 6) is 1.85. The van der Waals surface area contributed by atoms with E-state index < -0.39 is 20.5 Å². The fourth-order valence-electron chi connectivity index (χ4n) is 4.78. The molecule has 4 rings (SSSR count). The molecule has 2 atom stereocenters. The third-order valence-electron chi connectivity index (χ3n) is 8.37. The second kappa shape index (κ2) is 15.0. The van der Waals surface area contributed by atoms with Crippen LogP contribution in [0.4, 0.5) is 0 Å². The molecule has 248 valence electrons. The fourth-order valence-corrected chi connectivity index (χ4v) is 6.86. The predicted octanol–water partition coefficient (Wildman–Crippen LogP) is 7.77. The van der Waals surface area contributed by atoms with Crippen molar-refractivity contribution in [2.45, 2.75) is 61.2 Å². The van der Waals surface area contributed by atoms with Crippen LogP contribution >= 0.6 is 11.8 Å². The van der Waals surface area contributed by atoms with E-state index in [2.05, 4.69) is 33.9 Å². The predicted molar refractivity (Wildman–Crippen MR) is 183 cm³/mol. The topological polar surface area (TPSA) is 93.4 Å². The van der Waals surface area contributed by atoms with Crippen LogP contribution in [0.15, 0.2) is 76.8 Å². The Labute approximate surface area is 277 Å². The molecule has 9 nitrogen and oxygen atoms in total. The molecule has 0 amide bonds. The molecule has 11 heteroatoms. The lowest BCUT2D eigenvalue weighted by molar-refractivity contribution is 0.0463. The molecule has 2 unspecified atom stereocenters. The number of benzene rings is 3. The van der Waals surface area contributed by atoms with Gasteiger partial charge in [0.2, 0.25) is 5.75 Å². The van der Waals surface area contributed by atoms with Gasteiger partial charge in [-0.1, -0.05) is 62.9 Å². The summed E-state index contributed by atoms with van der Waals surface area (Å²) in [6.45, 7) is 11.0. The lowest BCUT2D eigenvalue weighted by Gasteiger charge is -2.40. The fraction of sp³-hybridized carbons (Fsp3) is 0.400. The van der Waals surface area contributed by atoms with Crippen molar-refractivity contribution in [2.24, 2.45) is 7.05 Å². The first-order chi connectivity index (χ1) is 21.9. The summed E-state index contributed by atoms with van der Waals surface area (Å²) in [4.78, 5) is 6.12. The van der Waals surface area contributed by atoms with Gasteiger partial charge in [0.1, 0.15) is 18.0 Å². The van der Waals surface area contributed by atoms with Crippen molar-refractivity contribution in [1.29, 1.82) is 0 Å². The zero-order valence-electron chi connectivity index (χ0n) is 28.4. The normalized spacial score (nSPS) is 13.3. The second-order valence-corrected chi connectivity index (χ2v) is 18.1. The third-order valence-corrected chi connectivity index (χ3v) is 13.9. The van der Waals surface area contributed by atoms with Crippen molar-refractivity contribution in [2.75, 3.05) is 35.2 Å². The van der Waals surface area contributed by atoms with Crippen molar-refractivity contribution < 1.29 is 33.2 Å². The number of ether oxygens (including phenoxy) is 5. The average Bonchev–Trinajstić information content (AvgIpc) is 3.36. The zero-order valence-corrected chi connectivity index (χ0v) is 30.2. The number of methoxy groups -OCH3 is 4. The van der Waals surface area contributed by atoms with E-state index in [9.17, 15) is 5.11 Å². The molecule has 1 heterocycles. The van der Waals surface area contributed by atoms with Gasteiger partial charge in [-0.2, -0.15) is 0 Å². The average molecular weight is 667 g/mol. The zero-order chi connectivity index (χ0) is 33.6. The van der Waals surface area contributed by atoms with Gasteiger partial charge in [0.25, 0.3) is 0 Å². The molecule has 4 aromatic rings. The summed E-state index contributed by atoms with van der Waals surface area (Å²) in [6.07, 6.45) is -1.77. The van der Waals surface area contributed by atoms with E-state index in [-0.39, 0.29) is 11.8 Å². The highest BCUT2D eigenvalue weighted by atomic mass is 32.2. The molecule has 1 N–H and O–H groups in total. The maximum absolute atomic E-state index is 12.3. The molecule has 3 aromatic carbocycles. The van der Waals surface area contributed by atoms with Gasteiger partial charge in [-0.3, -0.25) is 0 Å². The van der Waals surface area contributed by atoms with Crippen molar-refractivity contribution in [3.63, 3.8) is 0 Å². The first kappa shape index (κ1) is 35.4. The quantitative estimate of drug-likeness (QED) is 0.107. The van der Waals surface area contributed by atoms with Crippen molar-refractivity contribution in [1.82, 2.24) is 9.55 Å². The standard InChI is InChI=1S/C35H46N2O7SSi/c1-35(2,3)46(9,10)44-31(23-16-18-24(40-6)19-17-23)29-28(36-34(37(29)4)45-25-14-12-11-13-15-25)30(38)26-20-21-27(41-7)33(42-8)32(26)43-22-39-5/h11-21,30-31,38H,22H2,1-10H3. The highest BCUT2D eigenvalue weighted by molar-refractivity contribution is 7.99. The van der Waals surface area contributed by atoms with Crippen molar-refractivity contribution in [3.8, 4) is 23.0 Å². The smallest absolute Gasteiger partial charge is 0.203 e. The van der Waals surface area contributed by atoms with Gasteiger partial charge in [-0.25, -0.2) is 4.98 Å². The molecule has 0 saturated carbocycles. The third kappa shape index (κ3) is 7.55. The van der Waals surface area contributed by atoms with Crippen molar-refractivity contribution in [3.05, 3.63) is 89.2 Å². The van der Waals surface area contributed by atoms with Gasteiger partial charge in [-0.05, 0) is 60.1 Å². The first-order valence-corrected chi connectivity index (χ1v) is 18.7. The van der Waals surface area contributed by atoms with E-state index >= 15 is 0 Å². The van der Waals surface area contributed by atoms with E-state index in [1.807, 2.05) is 66.2 Å². The van der Waals surface area contributed by atoms with E-state index in [4.69, 9.17) is 33.1 Å². The summed E-state index contributed by atoms with van der Waals surface area (Å²) in [6, 6.07) is 21.4. The largest absolute Gasteiger partial charge is 0.497 e. The van der Waals surface area contributed by atoms with Gasteiger partial charge >= 0.3 is 0 Å². The lowest BCUT2D eigenvalue weighted by Crippen LogP contribution is -2.42. The SMILES string of the molecule is COCOc1c(C(O)c2nc(Sc3ccccc3)n(C)c2C(O[Si](C)(C)C(C)(C)C)c2ccc(OC)cc2)ccc(OC)c1OC. The van der Waals surface area contributed by atoms with Crippen LogP contribution in [0.3, 0.4) is 0 Å². The van der Waals surface area contributed by atoms with Gasteiger partial charge in [0, 0.05) is 24.6 Å². The molecule has 0 bridgehead atoms. The van der Waals surface area contributed by atoms with Gasteiger partial charge in [0.15, 0.2) is 31.8 Å². The molecule has 0 spiro atoms. The maximum Gasteiger partial charge on any atom is 0.203 e. The monoisotopic (exact) mass is 666 g/mol. The van der Waals surface area contributed by atoms with Crippen LogP contribution in [-0.4, -0.2) is 58.2 Å². The van der Waals surface area contributed by atoms with Crippen LogP contribution in [0.25, 0.3) is 0 Å². The number of rotatable bonds is 14. The molecule has 1 aromatic heterocycles. The Kier molecular flexibility index (Phi) is 11.5. The Balaban J connectivity index is 1.99. The summed E-state index contributed by atoms with van der Waals surface area (Å²) in [7, 11) is 5.85. The van der Waals surface area contributed by atoms with E-state index in [0.717, 1.165) is 21.9 Å². The molecule has 0 saturated heterocycles. The highest BCUT2D eigenvalue weighted by Crippen LogP contribution is 2.47. The van der Waals surface area contributed by atoms with Gasteiger partial charge in [-0.15, -0.1) is 0 Å². The summed E-state index contributed by atoms with van der Waals surface area (Å²) < 4.78 is 37.2. The minimum Gasteiger partial charge on any atom is -0.497 e. The molecule has 46 heavy (non-hydrogen) atoms. The molecule has 0 aliphatic carbocycles. The minimum absolute atomic E-state index is 0.0591. The molecule has 0 fully saturated rings. The number of imidazole rings is 1. The molecule has 0 aliphatic rings. The van der Waals surface area contributed by atoms with Crippen LogP contribution in [0.1, 0.15) is 55.5 Å². The van der Waals surface area contributed by atoms with Gasteiger partial charge in [0.05, 0.1) is 32.7 Å². The van der Waals surface area contributed by atoms with Crippen LogP contribution in [-0.2, 0) is 16.2 Å². The number of nitrogens with zero attached hydrogens (tertiary/aromatic N) is 2. The number of hydrogen-bond donors (Lipinski definition) is 1. The highest BCUT2D eigenvalue weighted by Gasteiger charge is 2.42. The van der Waals surface area contributed by atoms with Crippen LogP contribution in [0.2, 0.25) is 18.1 Å². The van der Waals surface area contributed by atoms with Crippen LogP contribution in [0, 0.1) is 0 Å². The summed E-state index contributed by atoms with van der Waals surface area (Å²) >= 11 is 1.52. The molecule has 0 aliphatic heterocycles. The Bertz CT molecular complexity index is 1590. The van der Waals surface area contributed by atoms with Crippen LogP contribution in [0.5, 0.6) is 23.0 Å². The minimum atomic E-state index is -2.37. The van der Waals surface area contributed by atoms with Gasteiger partial charge < -0.3 is 37.8 Å². The summed E-state index contributed by atoms with van der Waals surface area (Å²) in [5.41, 5.74) is 2.54.